The molecule has 0 radical (unpaired) electrons. The van der Waals surface area contributed by atoms with Crippen LogP contribution >= 0.6 is 11.3 Å². The van der Waals surface area contributed by atoms with Gasteiger partial charge in [-0.15, -0.1) is 11.3 Å². The second-order valence-corrected chi connectivity index (χ2v) is 5.20. The maximum absolute atomic E-state index is 4.39. The summed E-state index contributed by atoms with van der Waals surface area (Å²) in [5.74, 6) is 0. The summed E-state index contributed by atoms with van der Waals surface area (Å²) in [5.41, 5.74) is 4.28. The van der Waals surface area contributed by atoms with Gasteiger partial charge in [-0.2, -0.15) is 0 Å². The van der Waals surface area contributed by atoms with Crippen LogP contribution in [0.25, 0.3) is 21.5 Å². The molecule has 0 fully saturated rings. The minimum absolute atomic E-state index is 0.831. The van der Waals surface area contributed by atoms with Crippen molar-refractivity contribution in [3.05, 3.63) is 41.3 Å². The third kappa shape index (κ3) is 1.80. The van der Waals surface area contributed by atoms with E-state index in [0.29, 0.717) is 0 Å². The van der Waals surface area contributed by atoms with Crippen molar-refractivity contribution < 1.29 is 0 Å². The Morgan fingerprint density at radius 1 is 1.18 bits per heavy atom. The highest BCUT2D eigenvalue weighted by molar-refractivity contribution is 7.18. The molecule has 0 aromatic carbocycles. The van der Waals surface area contributed by atoms with E-state index in [4.69, 9.17) is 0 Å². The predicted molar refractivity (Wildman–Crippen MR) is 70.1 cm³/mol. The molecule has 4 heteroatoms. The molecule has 0 aliphatic carbocycles. The number of aryl methyl sites for hydroxylation is 2. The number of rotatable bonds is 1. The van der Waals surface area contributed by atoms with Gasteiger partial charge >= 0.3 is 0 Å². The molecule has 0 spiro atoms. The summed E-state index contributed by atoms with van der Waals surface area (Å²) in [5, 5.41) is 1.05. The van der Waals surface area contributed by atoms with Crippen LogP contribution in [0.15, 0.2) is 30.7 Å². The van der Waals surface area contributed by atoms with Gasteiger partial charge in [0.25, 0.3) is 0 Å². The zero-order valence-electron chi connectivity index (χ0n) is 9.64. The monoisotopic (exact) mass is 241 g/mol. The largest absolute Gasteiger partial charge is 0.264 e. The molecule has 3 nitrogen and oxygen atoms in total. The molecule has 0 saturated carbocycles. The maximum Gasteiger partial charge on any atom is 0.170 e. The Kier molecular flexibility index (Phi) is 2.37. The number of hydrogen-bond acceptors (Lipinski definition) is 4. The van der Waals surface area contributed by atoms with Crippen molar-refractivity contribution in [3.63, 3.8) is 0 Å². The summed E-state index contributed by atoms with van der Waals surface area (Å²) in [7, 11) is 0. The molecule has 0 amide bonds. The van der Waals surface area contributed by atoms with Crippen molar-refractivity contribution in [1.82, 2.24) is 15.0 Å². The molecular weight excluding hydrogens is 230 g/mol. The molecule has 0 aliphatic rings. The molecule has 0 bridgehead atoms. The number of hydrogen-bond donors (Lipinski definition) is 0. The highest BCUT2D eigenvalue weighted by atomic mass is 32.1. The van der Waals surface area contributed by atoms with Crippen LogP contribution in [0.3, 0.4) is 0 Å². The summed E-state index contributed by atoms with van der Waals surface area (Å²) < 4.78 is 1.13. The first kappa shape index (κ1) is 10.4. The van der Waals surface area contributed by atoms with Gasteiger partial charge in [-0.05, 0) is 31.5 Å². The van der Waals surface area contributed by atoms with Gasteiger partial charge in [0, 0.05) is 29.7 Å². The third-order valence-corrected chi connectivity index (χ3v) is 3.61. The first-order chi connectivity index (χ1) is 8.24. The van der Waals surface area contributed by atoms with Crippen LogP contribution in [-0.4, -0.2) is 15.0 Å². The van der Waals surface area contributed by atoms with Gasteiger partial charge in [0.05, 0.1) is 9.71 Å². The Morgan fingerprint density at radius 2 is 2.06 bits per heavy atom. The molecule has 0 aliphatic heterocycles. The van der Waals surface area contributed by atoms with Crippen LogP contribution in [0.1, 0.15) is 10.6 Å². The SMILES string of the molecule is Cc1nc2ncc(-c3cnccc3C)cc2s1. The first-order valence-electron chi connectivity index (χ1n) is 5.38. The van der Waals surface area contributed by atoms with Gasteiger partial charge in [0.15, 0.2) is 5.65 Å². The van der Waals surface area contributed by atoms with Gasteiger partial charge < -0.3 is 0 Å². The average Bonchev–Trinajstić information content (AvgIpc) is 2.68. The summed E-state index contributed by atoms with van der Waals surface area (Å²) >= 11 is 1.67. The van der Waals surface area contributed by atoms with E-state index in [1.54, 1.807) is 11.3 Å². The van der Waals surface area contributed by atoms with Crippen molar-refractivity contribution in [2.75, 3.05) is 0 Å². The fourth-order valence-electron chi connectivity index (χ4n) is 1.84. The smallest absolute Gasteiger partial charge is 0.170 e. The summed E-state index contributed by atoms with van der Waals surface area (Å²) in [6, 6.07) is 4.15. The number of nitrogens with zero attached hydrogens (tertiary/aromatic N) is 3. The lowest BCUT2D eigenvalue weighted by molar-refractivity contribution is 1.25. The summed E-state index contributed by atoms with van der Waals surface area (Å²) in [6.45, 7) is 4.08. The zero-order chi connectivity index (χ0) is 11.8. The van der Waals surface area contributed by atoms with Gasteiger partial charge in [0.1, 0.15) is 0 Å². The summed E-state index contributed by atoms with van der Waals surface area (Å²) in [6.07, 6.45) is 5.55. The molecule has 84 valence electrons. The number of pyridine rings is 2. The molecule has 0 N–H and O–H groups in total. The van der Waals surface area contributed by atoms with Crippen molar-refractivity contribution in [3.8, 4) is 11.1 Å². The van der Waals surface area contributed by atoms with Crippen LogP contribution in [0, 0.1) is 13.8 Å². The van der Waals surface area contributed by atoms with Crippen LogP contribution in [0.5, 0.6) is 0 Å². The number of fused-ring (bicyclic) bond motifs is 1. The van der Waals surface area contributed by atoms with E-state index in [1.165, 1.54) is 5.56 Å². The van der Waals surface area contributed by atoms with Crippen molar-refractivity contribution in [2.45, 2.75) is 13.8 Å². The molecule has 3 aromatic rings. The lowest BCUT2D eigenvalue weighted by Gasteiger charge is -2.03. The average molecular weight is 241 g/mol. The fourth-order valence-corrected chi connectivity index (χ4v) is 2.67. The van der Waals surface area contributed by atoms with E-state index in [9.17, 15) is 0 Å². The molecule has 3 rings (SSSR count). The molecular formula is C13H11N3S. The Bertz CT molecular complexity index is 688. The lowest BCUT2D eigenvalue weighted by atomic mass is 10.1. The van der Waals surface area contributed by atoms with Gasteiger partial charge in [0.2, 0.25) is 0 Å². The van der Waals surface area contributed by atoms with E-state index in [1.807, 2.05) is 31.6 Å². The van der Waals surface area contributed by atoms with Crippen LogP contribution < -0.4 is 0 Å². The second-order valence-electron chi connectivity index (χ2n) is 3.97. The first-order valence-corrected chi connectivity index (χ1v) is 6.20. The standard InChI is InChI=1S/C13H11N3S/c1-8-3-4-14-7-11(8)10-5-12-13(15-6-10)16-9(2)17-12/h3-7H,1-2H3. The van der Waals surface area contributed by atoms with Crippen molar-refractivity contribution in [2.24, 2.45) is 0 Å². The third-order valence-electron chi connectivity index (χ3n) is 2.70. The fraction of sp³-hybridized carbons (Fsp3) is 0.154. The Balaban J connectivity index is 2.21. The van der Waals surface area contributed by atoms with E-state index in [-0.39, 0.29) is 0 Å². The molecule has 3 heterocycles. The molecule has 3 aromatic heterocycles. The van der Waals surface area contributed by atoms with Crippen molar-refractivity contribution in [1.29, 1.82) is 0 Å². The topological polar surface area (TPSA) is 38.7 Å². The van der Waals surface area contributed by atoms with Gasteiger partial charge in [-0.1, -0.05) is 0 Å². The highest BCUT2D eigenvalue weighted by Crippen LogP contribution is 2.27. The van der Waals surface area contributed by atoms with Crippen LogP contribution in [-0.2, 0) is 0 Å². The highest BCUT2D eigenvalue weighted by Gasteiger charge is 2.06. The van der Waals surface area contributed by atoms with Crippen LogP contribution in [0.2, 0.25) is 0 Å². The lowest BCUT2D eigenvalue weighted by Crippen LogP contribution is -1.86. The van der Waals surface area contributed by atoms with Crippen molar-refractivity contribution >= 4 is 21.7 Å². The summed E-state index contributed by atoms with van der Waals surface area (Å²) in [4.78, 5) is 12.9. The number of thiazole rings is 1. The predicted octanol–water partition coefficient (Wildman–Crippen LogP) is 3.37. The molecule has 0 unspecified atom stereocenters. The Hall–Kier alpha value is -1.81. The zero-order valence-corrected chi connectivity index (χ0v) is 10.5. The minimum atomic E-state index is 0.831. The minimum Gasteiger partial charge on any atom is -0.264 e. The second kappa shape index (κ2) is 3.89. The van der Waals surface area contributed by atoms with Gasteiger partial charge in [-0.3, -0.25) is 4.98 Å². The molecule has 17 heavy (non-hydrogen) atoms. The van der Waals surface area contributed by atoms with Gasteiger partial charge in [-0.25, -0.2) is 9.97 Å². The Labute approximate surface area is 103 Å². The molecule has 0 saturated heterocycles. The van der Waals surface area contributed by atoms with Crippen LogP contribution in [0.4, 0.5) is 0 Å². The van der Waals surface area contributed by atoms with E-state index in [0.717, 1.165) is 26.5 Å². The molecule has 0 atom stereocenters. The Morgan fingerprint density at radius 3 is 2.88 bits per heavy atom. The normalized spacial score (nSPS) is 10.9. The van der Waals surface area contributed by atoms with E-state index >= 15 is 0 Å². The number of aromatic nitrogens is 3. The quantitative estimate of drug-likeness (QED) is 0.655. The van der Waals surface area contributed by atoms with E-state index in [2.05, 4.69) is 27.9 Å². The maximum atomic E-state index is 4.39. The van der Waals surface area contributed by atoms with E-state index < -0.39 is 0 Å².